The van der Waals surface area contributed by atoms with Crippen LogP contribution in [0.1, 0.15) is 13.8 Å². The molecule has 0 fully saturated rings. The molecule has 0 aliphatic heterocycles. The van der Waals surface area contributed by atoms with Gasteiger partial charge in [0.15, 0.2) is 0 Å². The molecule has 1 atom stereocenters. The molecule has 0 amide bonds. The number of hydrogen-bond acceptors (Lipinski definition) is 3. The second-order valence-electron chi connectivity index (χ2n) is 4.23. The first kappa shape index (κ1) is 12.4. The SMILES string of the molecule is CC(C)C(C(=O)O)N(C)c1cccc(N)c1. The zero-order chi connectivity index (χ0) is 12.3. The molecule has 3 N–H and O–H groups in total. The molecule has 1 rings (SSSR count). The van der Waals surface area contributed by atoms with Crippen molar-refractivity contribution in [3.05, 3.63) is 24.3 Å². The smallest absolute Gasteiger partial charge is 0.326 e. The number of hydrogen-bond donors (Lipinski definition) is 2. The maximum atomic E-state index is 11.2. The van der Waals surface area contributed by atoms with Crippen LogP contribution in [0.2, 0.25) is 0 Å². The van der Waals surface area contributed by atoms with Crippen LogP contribution in [0.15, 0.2) is 24.3 Å². The maximum absolute atomic E-state index is 11.2. The van der Waals surface area contributed by atoms with Crippen molar-refractivity contribution in [2.24, 2.45) is 5.92 Å². The summed E-state index contributed by atoms with van der Waals surface area (Å²) in [6.07, 6.45) is 0. The van der Waals surface area contributed by atoms with Crippen molar-refractivity contribution in [2.45, 2.75) is 19.9 Å². The van der Waals surface area contributed by atoms with Gasteiger partial charge in [-0.3, -0.25) is 0 Å². The van der Waals surface area contributed by atoms with E-state index in [0.717, 1.165) is 5.69 Å². The quantitative estimate of drug-likeness (QED) is 0.762. The molecular formula is C12H18N2O2. The highest BCUT2D eigenvalue weighted by Crippen LogP contribution is 2.21. The predicted octanol–water partition coefficient (Wildman–Crippen LogP) is 1.81. The van der Waals surface area contributed by atoms with Crippen molar-refractivity contribution in [2.75, 3.05) is 17.7 Å². The first-order valence-corrected chi connectivity index (χ1v) is 5.24. The number of carboxylic acids is 1. The maximum Gasteiger partial charge on any atom is 0.326 e. The number of likely N-dealkylation sites (N-methyl/N-ethyl adjacent to an activating group) is 1. The second-order valence-corrected chi connectivity index (χ2v) is 4.23. The van der Waals surface area contributed by atoms with E-state index in [1.54, 1.807) is 24.1 Å². The number of nitrogens with two attached hydrogens (primary N) is 1. The Bertz CT molecular complexity index is 377. The van der Waals surface area contributed by atoms with Crippen molar-refractivity contribution >= 4 is 17.3 Å². The minimum Gasteiger partial charge on any atom is -0.480 e. The van der Waals surface area contributed by atoms with E-state index in [-0.39, 0.29) is 5.92 Å². The highest BCUT2D eigenvalue weighted by atomic mass is 16.4. The summed E-state index contributed by atoms with van der Waals surface area (Å²) < 4.78 is 0. The molecule has 0 heterocycles. The molecule has 0 saturated carbocycles. The zero-order valence-corrected chi connectivity index (χ0v) is 9.84. The molecule has 0 aliphatic rings. The van der Waals surface area contributed by atoms with Crippen LogP contribution in [-0.2, 0) is 4.79 Å². The van der Waals surface area contributed by atoms with E-state index in [1.165, 1.54) is 0 Å². The second kappa shape index (κ2) is 4.88. The van der Waals surface area contributed by atoms with E-state index >= 15 is 0 Å². The number of rotatable bonds is 4. The standard InChI is InChI=1S/C12H18N2O2/c1-8(2)11(12(15)16)14(3)10-6-4-5-9(13)7-10/h4-8,11H,13H2,1-3H3,(H,15,16). The molecule has 1 unspecified atom stereocenters. The van der Waals surface area contributed by atoms with Crippen LogP contribution in [0.3, 0.4) is 0 Å². The molecule has 16 heavy (non-hydrogen) atoms. The van der Waals surface area contributed by atoms with Gasteiger partial charge < -0.3 is 15.7 Å². The van der Waals surface area contributed by atoms with Gasteiger partial charge in [0, 0.05) is 18.4 Å². The lowest BCUT2D eigenvalue weighted by Crippen LogP contribution is -2.42. The summed E-state index contributed by atoms with van der Waals surface area (Å²) in [5.74, 6) is -0.788. The van der Waals surface area contributed by atoms with Crippen LogP contribution in [0, 0.1) is 5.92 Å². The fourth-order valence-corrected chi connectivity index (χ4v) is 1.80. The van der Waals surface area contributed by atoms with E-state index in [1.807, 2.05) is 26.0 Å². The van der Waals surface area contributed by atoms with Gasteiger partial charge >= 0.3 is 5.97 Å². The fourth-order valence-electron chi connectivity index (χ4n) is 1.80. The summed E-state index contributed by atoms with van der Waals surface area (Å²) in [6, 6.07) is 6.69. The van der Waals surface area contributed by atoms with Crippen molar-refractivity contribution < 1.29 is 9.90 Å². The van der Waals surface area contributed by atoms with Gasteiger partial charge in [0.1, 0.15) is 6.04 Å². The number of nitrogens with zero attached hydrogens (tertiary/aromatic N) is 1. The van der Waals surface area contributed by atoms with Gasteiger partial charge in [0.25, 0.3) is 0 Å². The van der Waals surface area contributed by atoms with E-state index in [4.69, 9.17) is 5.73 Å². The molecule has 4 heteroatoms. The third-order valence-electron chi connectivity index (χ3n) is 2.58. The Morgan fingerprint density at radius 2 is 2.06 bits per heavy atom. The number of anilines is 2. The van der Waals surface area contributed by atoms with E-state index in [0.29, 0.717) is 5.69 Å². The van der Waals surface area contributed by atoms with Crippen LogP contribution < -0.4 is 10.6 Å². The first-order valence-electron chi connectivity index (χ1n) is 5.24. The van der Waals surface area contributed by atoms with Crippen LogP contribution in [0.25, 0.3) is 0 Å². The van der Waals surface area contributed by atoms with E-state index in [9.17, 15) is 9.90 Å². The molecule has 0 bridgehead atoms. The number of carboxylic acid groups (broad SMARTS) is 1. The average molecular weight is 222 g/mol. The molecule has 0 saturated heterocycles. The lowest BCUT2D eigenvalue weighted by Gasteiger charge is -2.29. The van der Waals surface area contributed by atoms with Crippen LogP contribution >= 0.6 is 0 Å². The molecular weight excluding hydrogens is 204 g/mol. The summed E-state index contributed by atoms with van der Waals surface area (Å²) in [5.41, 5.74) is 7.13. The highest BCUT2D eigenvalue weighted by Gasteiger charge is 2.26. The minimum absolute atomic E-state index is 0.0314. The Morgan fingerprint density at radius 3 is 2.50 bits per heavy atom. The molecule has 0 aromatic heterocycles. The largest absolute Gasteiger partial charge is 0.480 e. The number of nitrogen functional groups attached to an aromatic ring is 1. The highest BCUT2D eigenvalue weighted by molar-refractivity contribution is 5.78. The van der Waals surface area contributed by atoms with Gasteiger partial charge in [-0.25, -0.2) is 4.79 Å². The zero-order valence-electron chi connectivity index (χ0n) is 9.84. The van der Waals surface area contributed by atoms with Crippen LogP contribution in [0.4, 0.5) is 11.4 Å². The van der Waals surface area contributed by atoms with Crippen LogP contribution in [-0.4, -0.2) is 24.2 Å². The third-order valence-corrected chi connectivity index (χ3v) is 2.58. The summed E-state index contributed by atoms with van der Waals surface area (Å²) in [6.45, 7) is 3.78. The fraction of sp³-hybridized carbons (Fsp3) is 0.417. The Morgan fingerprint density at radius 1 is 1.44 bits per heavy atom. The number of benzene rings is 1. The van der Waals surface area contributed by atoms with Crippen molar-refractivity contribution in [1.82, 2.24) is 0 Å². The summed E-state index contributed by atoms with van der Waals surface area (Å²) >= 11 is 0. The number of aliphatic carboxylic acids is 1. The monoisotopic (exact) mass is 222 g/mol. The molecule has 0 radical (unpaired) electrons. The van der Waals surface area contributed by atoms with Gasteiger partial charge in [-0.2, -0.15) is 0 Å². The van der Waals surface area contributed by atoms with Crippen molar-refractivity contribution in [3.8, 4) is 0 Å². The van der Waals surface area contributed by atoms with Gasteiger partial charge in [-0.1, -0.05) is 19.9 Å². The molecule has 0 spiro atoms. The Labute approximate surface area is 95.7 Å². The van der Waals surface area contributed by atoms with Gasteiger partial charge in [0.2, 0.25) is 0 Å². The number of carbonyl (C=O) groups is 1. The van der Waals surface area contributed by atoms with E-state index < -0.39 is 12.0 Å². The summed E-state index contributed by atoms with van der Waals surface area (Å²) in [5, 5.41) is 9.17. The van der Waals surface area contributed by atoms with Gasteiger partial charge in [-0.05, 0) is 24.1 Å². The molecule has 0 aliphatic carbocycles. The predicted molar refractivity (Wildman–Crippen MR) is 65.5 cm³/mol. The van der Waals surface area contributed by atoms with Crippen LogP contribution in [0.5, 0.6) is 0 Å². The van der Waals surface area contributed by atoms with Crippen molar-refractivity contribution in [1.29, 1.82) is 0 Å². The van der Waals surface area contributed by atoms with Gasteiger partial charge in [0.05, 0.1) is 0 Å². The third kappa shape index (κ3) is 2.66. The molecule has 4 nitrogen and oxygen atoms in total. The first-order chi connectivity index (χ1) is 7.43. The lowest BCUT2D eigenvalue weighted by molar-refractivity contribution is -0.139. The Hall–Kier alpha value is -1.71. The normalized spacial score (nSPS) is 12.5. The lowest BCUT2D eigenvalue weighted by atomic mass is 10.0. The average Bonchev–Trinajstić information content (AvgIpc) is 2.16. The molecule has 1 aromatic rings. The minimum atomic E-state index is -0.820. The Kier molecular flexibility index (Phi) is 3.77. The van der Waals surface area contributed by atoms with E-state index in [2.05, 4.69) is 0 Å². The summed E-state index contributed by atoms with van der Waals surface area (Å²) in [4.78, 5) is 12.9. The molecule has 1 aromatic carbocycles. The van der Waals surface area contributed by atoms with Crippen molar-refractivity contribution in [3.63, 3.8) is 0 Å². The Balaban J connectivity index is 2.99. The van der Waals surface area contributed by atoms with Gasteiger partial charge in [-0.15, -0.1) is 0 Å². The topological polar surface area (TPSA) is 66.6 Å². The summed E-state index contributed by atoms with van der Waals surface area (Å²) in [7, 11) is 1.77. The molecule has 88 valence electrons.